The molecule has 0 spiro atoms. The highest BCUT2D eigenvalue weighted by Gasteiger charge is 2.47. The lowest BCUT2D eigenvalue weighted by Crippen LogP contribution is -2.28. The van der Waals surface area contributed by atoms with Gasteiger partial charge in [0.2, 0.25) is 0 Å². The van der Waals surface area contributed by atoms with Crippen LogP contribution in [0.5, 0.6) is 0 Å². The molecule has 74 heavy (non-hydrogen) atoms. The first kappa shape index (κ1) is 42.0. The van der Waals surface area contributed by atoms with Crippen LogP contribution in [0.1, 0.15) is 22.3 Å². The van der Waals surface area contributed by atoms with Crippen LogP contribution in [0.4, 0.5) is 17.1 Å². The van der Waals surface area contributed by atoms with Gasteiger partial charge in [-0.25, -0.2) is 0 Å². The number of anilines is 3. The summed E-state index contributed by atoms with van der Waals surface area (Å²) in [5.41, 5.74) is 20.0. The fourth-order valence-corrected chi connectivity index (χ4v) is 12.5. The highest BCUT2D eigenvalue weighted by Crippen LogP contribution is 2.59. The zero-order valence-electron chi connectivity index (χ0n) is 40.4. The van der Waals surface area contributed by atoms with Gasteiger partial charge in [0.25, 0.3) is 0 Å². The zero-order chi connectivity index (χ0) is 48.7. The van der Waals surface area contributed by atoms with E-state index in [9.17, 15) is 0 Å². The van der Waals surface area contributed by atoms with Crippen LogP contribution in [0.25, 0.3) is 93.6 Å². The summed E-state index contributed by atoms with van der Waals surface area (Å²) in [5.74, 6) is 0. The SMILES string of the molecule is c1ccc(C2(c3ccccc3)c3ccccc3-c3c(N(c4ccc(-c5ccccc5-n5c6ccccc6c6ccccc65)cc4)c4ccc(-c5cccc6c5oc5c7ccccc7ccc65)cc4)cccc32)cc1. The summed E-state index contributed by atoms with van der Waals surface area (Å²) in [6, 6.07) is 102. The summed E-state index contributed by atoms with van der Waals surface area (Å²) < 4.78 is 9.28. The first-order valence-electron chi connectivity index (χ1n) is 25.5. The molecule has 2 heterocycles. The average molecular weight is 943 g/mol. The van der Waals surface area contributed by atoms with E-state index in [2.05, 4.69) is 289 Å². The molecule has 0 bridgehead atoms. The van der Waals surface area contributed by atoms with E-state index in [4.69, 9.17) is 4.42 Å². The van der Waals surface area contributed by atoms with Gasteiger partial charge in [0.05, 0.1) is 27.8 Å². The summed E-state index contributed by atoms with van der Waals surface area (Å²) in [4.78, 5) is 2.46. The van der Waals surface area contributed by atoms with E-state index in [1.54, 1.807) is 0 Å². The van der Waals surface area contributed by atoms with Gasteiger partial charge in [-0.3, -0.25) is 0 Å². The van der Waals surface area contributed by atoms with E-state index >= 15 is 0 Å². The van der Waals surface area contributed by atoms with Crippen molar-refractivity contribution in [2.75, 3.05) is 4.90 Å². The number of nitrogens with zero attached hydrogens (tertiary/aromatic N) is 2. The van der Waals surface area contributed by atoms with Crippen LogP contribution in [0.3, 0.4) is 0 Å². The maximum Gasteiger partial charge on any atom is 0.143 e. The molecule has 2 aromatic heterocycles. The second-order valence-electron chi connectivity index (χ2n) is 19.5. The second kappa shape index (κ2) is 16.7. The first-order chi connectivity index (χ1) is 36.7. The Balaban J connectivity index is 0.923. The minimum Gasteiger partial charge on any atom is -0.455 e. The van der Waals surface area contributed by atoms with Gasteiger partial charge in [0.1, 0.15) is 11.2 Å². The first-order valence-corrected chi connectivity index (χ1v) is 25.5. The number of fused-ring (bicyclic) bond motifs is 11. The van der Waals surface area contributed by atoms with Gasteiger partial charge in [-0.1, -0.05) is 224 Å². The molecule has 346 valence electrons. The third kappa shape index (κ3) is 6.20. The molecule has 0 saturated carbocycles. The average Bonchev–Trinajstić information content (AvgIpc) is 4.13. The zero-order valence-corrected chi connectivity index (χ0v) is 40.4. The predicted octanol–water partition coefficient (Wildman–Crippen LogP) is 19.0. The number of hydrogen-bond acceptors (Lipinski definition) is 2. The highest BCUT2D eigenvalue weighted by atomic mass is 16.3. The highest BCUT2D eigenvalue weighted by molar-refractivity contribution is 6.17. The van der Waals surface area contributed by atoms with Gasteiger partial charge in [-0.05, 0) is 98.9 Å². The summed E-state index contributed by atoms with van der Waals surface area (Å²) >= 11 is 0. The van der Waals surface area contributed by atoms with Gasteiger partial charge in [0, 0.05) is 55.0 Å². The molecule has 0 unspecified atom stereocenters. The van der Waals surface area contributed by atoms with E-state index in [1.165, 1.54) is 66.1 Å². The molecule has 1 aliphatic carbocycles. The number of furan rings is 1. The summed E-state index contributed by atoms with van der Waals surface area (Å²) in [7, 11) is 0. The molecule has 0 aliphatic heterocycles. The summed E-state index contributed by atoms with van der Waals surface area (Å²) in [6.45, 7) is 0. The van der Waals surface area contributed by atoms with E-state index in [0.717, 1.165) is 66.8 Å². The Hall–Kier alpha value is -9.70. The van der Waals surface area contributed by atoms with Gasteiger partial charge < -0.3 is 13.9 Å². The van der Waals surface area contributed by atoms with Crippen LogP contribution in [-0.2, 0) is 5.41 Å². The van der Waals surface area contributed by atoms with E-state index in [1.807, 2.05) is 0 Å². The van der Waals surface area contributed by atoms with E-state index in [0.29, 0.717) is 0 Å². The Bertz CT molecular complexity index is 4380. The number of benzene rings is 12. The van der Waals surface area contributed by atoms with Crippen LogP contribution >= 0.6 is 0 Å². The maximum absolute atomic E-state index is 6.85. The Kier molecular flexibility index (Phi) is 9.48. The Morgan fingerprint density at radius 3 is 1.51 bits per heavy atom. The van der Waals surface area contributed by atoms with E-state index in [-0.39, 0.29) is 0 Å². The smallest absolute Gasteiger partial charge is 0.143 e. The van der Waals surface area contributed by atoms with Gasteiger partial charge >= 0.3 is 0 Å². The summed E-state index contributed by atoms with van der Waals surface area (Å²) in [5, 5.41) is 7.04. The number of hydrogen-bond donors (Lipinski definition) is 0. The van der Waals surface area contributed by atoms with Crippen molar-refractivity contribution >= 4 is 71.6 Å². The lowest BCUT2D eigenvalue weighted by atomic mass is 9.68. The third-order valence-electron chi connectivity index (χ3n) is 15.7. The molecular weight excluding hydrogens is 897 g/mol. The van der Waals surface area contributed by atoms with Crippen LogP contribution < -0.4 is 4.90 Å². The summed E-state index contributed by atoms with van der Waals surface area (Å²) in [6.07, 6.45) is 0. The minimum atomic E-state index is -0.545. The molecule has 3 heteroatoms. The monoisotopic (exact) mass is 942 g/mol. The Morgan fingerprint density at radius 2 is 0.824 bits per heavy atom. The van der Waals surface area contributed by atoms with Crippen LogP contribution in [0, 0.1) is 0 Å². The lowest BCUT2D eigenvalue weighted by Gasteiger charge is -2.34. The second-order valence-corrected chi connectivity index (χ2v) is 19.5. The molecule has 0 amide bonds. The normalized spacial score (nSPS) is 12.7. The van der Waals surface area contributed by atoms with Crippen LogP contribution in [0.15, 0.2) is 283 Å². The topological polar surface area (TPSA) is 21.3 Å². The van der Waals surface area contributed by atoms with Gasteiger partial charge in [-0.15, -0.1) is 0 Å². The molecule has 0 fully saturated rings. The maximum atomic E-state index is 6.85. The predicted molar refractivity (Wildman–Crippen MR) is 308 cm³/mol. The fraction of sp³-hybridized carbons (Fsp3) is 0.0141. The molecule has 3 nitrogen and oxygen atoms in total. The third-order valence-corrected chi connectivity index (χ3v) is 15.7. The Labute approximate surface area is 429 Å². The van der Waals surface area contributed by atoms with Crippen molar-refractivity contribution in [2.45, 2.75) is 5.41 Å². The van der Waals surface area contributed by atoms with Crippen molar-refractivity contribution in [1.82, 2.24) is 4.57 Å². The lowest BCUT2D eigenvalue weighted by molar-refractivity contribution is 0.674. The molecule has 0 saturated heterocycles. The van der Waals surface area contributed by atoms with Crippen molar-refractivity contribution in [2.24, 2.45) is 0 Å². The largest absolute Gasteiger partial charge is 0.455 e. The molecule has 0 N–H and O–H groups in total. The minimum absolute atomic E-state index is 0.545. The van der Waals surface area contributed by atoms with Crippen LogP contribution in [0.2, 0.25) is 0 Å². The molecule has 15 rings (SSSR count). The van der Waals surface area contributed by atoms with Crippen molar-refractivity contribution < 1.29 is 4.42 Å². The molecule has 0 radical (unpaired) electrons. The van der Waals surface area contributed by atoms with Crippen molar-refractivity contribution in [3.05, 3.63) is 301 Å². The van der Waals surface area contributed by atoms with Gasteiger partial charge in [-0.2, -0.15) is 0 Å². The molecule has 0 atom stereocenters. The van der Waals surface area contributed by atoms with Crippen molar-refractivity contribution in [3.8, 4) is 39.1 Å². The van der Waals surface area contributed by atoms with Crippen LogP contribution in [-0.4, -0.2) is 4.57 Å². The number of rotatable bonds is 8. The van der Waals surface area contributed by atoms with Crippen molar-refractivity contribution in [1.29, 1.82) is 0 Å². The number of aromatic nitrogens is 1. The molecule has 1 aliphatic rings. The molecular formula is C71H46N2O. The van der Waals surface area contributed by atoms with Crippen molar-refractivity contribution in [3.63, 3.8) is 0 Å². The quantitative estimate of drug-likeness (QED) is 0.151. The van der Waals surface area contributed by atoms with Gasteiger partial charge in [0.15, 0.2) is 0 Å². The molecule has 14 aromatic rings. The van der Waals surface area contributed by atoms with E-state index < -0.39 is 5.41 Å². The standard InChI is InChI=1S/C71H46N2O/c1-3-20-50(21-4-1)71(51-22-5-2-6-23-51)62-31-13-9-28-61(62)68-63(71)32-18-36-67(68)72(53-44-39-49(40-45-53)56-29-17-30-59-60-46-41-47-19-7-8-25-55(47)70(60)74-69(56)59)52-42-37-48(38-43-52)54-24-10-14-33-64(54)73-65-34-15-11-26-57(65)58-27-12-16-35-66(58)73/h1-46H. The number of para-hydroxylation sites is 4. The fourth-order valence-electron chi connectivity index (χ4n) is 12.5. The Morgan fingerprint density at radius 1 is 0.324 bits per heavy atom. The molecule has 12 aromatic carbocycles.